The first-order chi connectivity index (χ1) is 19.0. The number of hydrogen-bond donors (Lipinski definition) is 3. The predicted molar refractivity (Wildman–Crippen MR) is 153 cm³/mol. The van der Waals surface area contributed by atoms with E-state index < -0.39 is 55.9 Å². The summed E-state index contributed by atoms with van der Waals surface area (Å²) >= 11 is 0. The zero-order valence-corrected chi connectivity index (χ0v) is 25.9. The van der Waals surface area contributed by atoms with Crippen molar-refractivity contribution in [3.8, 4) is 0 Å². The first-order valence-electron chi connectivity index (χ1n) is 14.8. The van der Waals surface area contributed by atoms with Crippen molar-refractivity contribution in [3.63, 3.8) is 0 Å². The third-order valence-corrected chi connectivity index (χ3v) is 11.1. The highest BCUT2D eigenvalue weighted by molar-refractivity contribution is 7.91. The molecular formula is C29H46N4O7S. The number of hydrogen-bond acceptors (Lipinski definition) is 7. The summed E-state index contributed by atoms with van der Waals surface area (Å²) in [5, 5.41) is 5.63. The van der Waals surface area contributed by atoms with Crippen LogP contribution in [0.1, 0.15) is 92.9 Å². The van der Waals surface area contributed by atoms with Gasteiger partial charge in [0.25, 0.3) is 5.91 Å². The summed E-state index contributed by atoms with van der Waals surface area (Å²) in [6.45, 7) is 11.2. The standard InChI is InChI=1S/C29H46N4O7S/c1-18-10-7-8-11-20-17-29(20,25(36)32-41(38,39)28(6)13-14-28)31-23(34)21-12-9-15-33(21)24(35)22(19(2)16-18)30-26(37)40-27(3,4)5/h8,11,18-22H,7,9-10,12-17H2,1-6H3,(H,30,37)(H,31,34)(H,32,36)/b11-8-/t18?,19-,20-,21+,22+,29-/m1/s1. The van der Waals surface area contributed by atoms with E-state index in [-0.39, 0.29) is 30.1 Å². The quantitative estimate of drug-likeness (QED) is 0.424. The summed E-state index contributed by atoms with van der Waals surface area (Å²) in [4.78, 5) is 55.3. The lowest BCUT2D eigenvalue weighted by Crippen LogP contribution is -2.59. The Balaban J connectivity index is 1.60. The molecule has 11 nitrogen and oxygen atoms in total. The Kier molecular flexibility index (Phi) is 8.57. The first-order valence-corrected chi connectivity index (χ1v) is 16.3. The molecule has 2 heterocycles. The van der Waals surface area contributed by atoms with E-state index in [1.165, 1.54) is 4.90 Å². The molecule has 0 bridgehead atoms. The number of fused-ring (bicyclic) bond motifs is 2. The minimum Gasteiger partial charge on any atom is -0.444 e. The summed E-state index contributed by atoms with van der Waals surface area (Å²) < 4.78 is 32.4. The maximum Gasteiger partial charge on any atom is 0.408 e. The largest absolute Gasteiger partial charge is 0.444 e. The van der Waals surface area contributed by atoms with Crippen LogP contribution in [0.15, 0.2) is 12.2 Å². The minimum absolute atomic E-state index is 0.219. The number of rotatable bonds is 4. The van der Waals surface area contributed by atoms with Crippen LogP contribution in [0, 0.1) is 17.8 Å². The molecule has 1 unspecified atom stereocenters. The molecule has 2 aliphatic carbocycles. The Morgan fingerprint density at radius 1 is 1.15 bits per heavy atom. The number of carbonyl (C=O) groups excluding carboxylic acids is 4. The van der Waals surface area contributed by atoms with Crippen LogP contribution < -0.4 is 15.4 Å². The van der Waals surface area contributed by atoms with Gasteiger partial charge in [0.2, 0.25) is 21.8 Å². The molecular weight excluding hydrogens is 548 g/mol. The highest BCUT2D eigenvalue weighted by atomic mass is 32.2. The van der Waals surface area contributed by atoms with Gasteiger partial charge in [-0.05, 0) is 90.9 Å². The zero-order chi connectivity index (χ0) is 30.4. The van der Waals surface area contributed by atoms with Gasteiger partial charge in [-0.2, -0.15) is 0 Å². The molecule has 4 aliphatic rings. The van der Waals surface area contributed by atoms with E-state index in [1.807, 2.05) is 19.1 Å². The maximum absolute atomic E-state index is 13.9. The average Bonchev–Trinajstić information content (AvgIpc) is 3.71. The van der Waals surface area contributed by atoms with Crippen molar-refractivity contribution in [3.05, 3.63) is 12.2 Å². The number of amides is 4. The summed E-state index contributed by atoms with van der Waals surface area (Å²) in [5.41, 5.74) is -2.14. The summed E-state index contributed by atoms with van der Waals surface area (Å²) in [6.07, 6.45) is 7.63. The molecule has 4 rings (SSSR count). The monoisotopic (exact) mass is 594 g/mol. The lowest BCUT2D eigenvalue weighted by molar-refractivity contribution is -0.142. The van der Waals surface area contributed by atoms with Gasteiger partial charge in [-0.15, -0.1) is 0 Å². The molecule has 0 spiro atoms. The molecule has 3 N–H and O–H groups in total. The van der Waals surface area contributed by atoms with E-state index >= 15 is 0 Å². The third-order valence-electron chi connectivity index (χ3n) is 8.91. The van der Waals surface area contributed by atoms with Crippen LogP contribution in [0.3, 0.4) is 0 Å². The molecule has 0 aromatic rings. The van der Waals surface area contributed by atoms with Crippen LogP contribution in [0.25, 0.3) is 0 Å². The van der Waals surface area contributed by atoms with Crippen LogP contribution in [-0.2, 0) is 29.1 Å². The molecule has 3 fully saturated rings. The summed E-state index contributed by atoms with van der Waals surface area (Å²) in [5.74, 6) is -1.93. The van der Waals surface area contributed by atoms with Crippen LogP contribution in [-0.4, -0.2) is 71.6 Å². The molecule has 2 saturated carbocycles. The Hall–Kier alpha value is -2.63. The molecule has 12 heteroatoms. The number of nitrogens with zero attached hydrogens (tertiary/aromatic N) is 1. The molecule has 0 aromatic carbocycles. The predicted octanol–water partition coefficient (Wildman–Crippen LogP) is 2.76. The maximum atomic E-state index is 13.9. The molecule has 0 aromatic heterocycles. The van der Waals surface area contributed by atoms with Gasteiger partial charge in [-0.25, -0.2) is 13.2 Å². The van der Waals surface area contributed by atoms with Crippen molar-refractivity contribution in [1.29, 1.82) is 0 Å². The molecule has 6 atom stereocenters. The Morgan fingerprint density at radius 2 is 1.83 bits per heavy atom. The fourth-order valence-corrected chi connectivity index (χ4v) is 7.27. The van der Waals surface area contributed by atoms with Gasteiger partial charge in [0, 0.05) is 12.5 Å². The first kappa shape index (κ1) is 31.3. The van der Waals surface area contributed by atoms with Crippen LogP contribution in [0.5, 0.6) is 0 Å². The third kappa shape index (κ3) is 6.89. The van der Waals surface area contributed by atoms with E-state index in [0.717, 1.165) is 12.8 Å². The van der Waals surface area contributed by atoms with E-state index in [0.29, 0.717) is 38.6 Å². The summed E-state index contributed by atoms with van der Waals surface area (Å²) in [7, 11) is -3.89. The molecule has 2 aliphatic heterocycles. The van der Waals surface area contributed by atoms with Crippen molar-refractivity contribution < 1.29 is 32.3 Å². The highest BCUT2D eigenvalue weighted by Crippen LogP contribution is 2.47. The number of alkyl carbamates (subject to hydrolysis) is 1. The lowest BCUT2D eigenvalue weighted by atomic mass is 9.88. The van der Waals surface area contributed by atoms with E-state index in [2.05, 4.69) is 22.3 Å². The Bertz CT molecular complexity index is 1210. The number of sulfonamides is 1. The molecule has 1 saturated heterocycles. The second kappa shape index (κ2) is 11.2. The van der Waals surface area contributed by atoms with Gasteiger partial charge < -0.3 is 20.3 Å². The topological polar surface area (TPSA) is 151 Å². The average molecular weight is 595 g/mol. The van der Waals surface area contributed by atoms with E-state index in [1.54, 1.807) is 27.7 Å². The normalized spacial score (nSPS) is 34.6. The van der Waals surface area contributed by atoms with Gasteiger partial charge >= 0.3 is 6.09 Å². The van der Waals surface area contributed by atoms with E-state index in [4.69, 9.17) is 4.74 Å². The van der Waals surface area contributed by atoms with E-state index in [9.17, 15) is 27.6 Å². The number of carbonyl (C=O) groups is 4. The minimum atomic E-state index is -3.89. The van der Waals surface area contributed by atoms with Gasteiger partial charge in [0.15, 0.2) is 0 Å². The molecule has 41 heavy (non-hydrogen) atoms. The number of nitrogens with one attached hydrogen (secondary N) is 3. The van der Waals surface area contributed by atoms with Crippen molar-refractivity contribution in [2.75, 3.05) is 6.54 Å². The highest BCUT2D eigenvalue weighted by Gasteiger charge is 2.63. The van der Waals surface area contributed by atoms with Crippen LogP contribution in [0.4, 0.5) is 4.79 Å². The number of ether oxygens (including phenoxy) is 1. The molecule has 0 radical (unpaired) electrons. The second-order valence-electron chi connectivity index (χ2n) is 13.8. The summed E-state index contributed by atoms with van der Waals surface area (Å²) in [6, 6.07) is -1.73. The van der Waals surface area contributed by atoms with Gasteiger partial charge in [0.1, 0.15) is 23.2 Å². The van der Waals surface area contributed by atoms with Crippen molar-refractivity contribution in [1.82, 2.24) is 20.3 Å². The van der Waals surface area contributed by atoms with Crippen molar-refractivity contribution in [2.24, 2.45) is 17.8 Å². The molecule has 230 valence electrons. The zero-order valence-electron chi connectivity index (χ0n) is 25.1. The number of allylic oxidation sites excluding steroid dienone is 1. The fourth-order valence-electron chi connectivity index (χ4n) is 5.96. The van der Waals surface area contributed by atoms with Crippen LogP contribution >= 0.6 is 0 Å². The Morgan fingerprint density at radius 3 is 2.46 bits per heavy atom. The second-order valence-corrected chi connectivity index (χ2v) is 16.0. The SMILES string of the molecule is CC1CC/C=C\[C@@H]2C[C@@]2(C(=O)NS(=O)(=O)C2(C)CC2)NC(=O)[C@@H]2CCCN2C(=O)[C@@H](NC(=O)OC(C)(C)C)[C@H](C)C1. The van der Waals surface area contributed by atoms with Crippen molar-refractivity contribution >= 4 is 33.8 Å². The molecule has 4 amide bonds. The van der Waals surface area contributed by atoms with Crippen molar-refractivity contribution in [2.45, 2.75) is 121 Å². The fraction of sp³-hybridized carbons (Fsp3) is 0.793. The van der Waals surface area contributed by atoms with Gasteiger partial charge in [-0.3, -0.25) is 19.1 Å². The smallest absolute Gasteiger partial charge is 0.408 e. The Labute approximate surface area is 243 Å². The lowest BCUT2D eigenvalue weighted by Gasteiger charge is -2.33. The van der Waals surface area contributed by atoms with Crippen LogP contribution in [0.2, 0.25) is 0 Å². The van der Waals surface area contributed by atoms with Gasteiger partial charge in [-0.1, -0.05) is 26.0 Å². The van der Waals surface area contributed by atoms with Gasteiger partial charge in [0.05, 0.1) is 4.75 Å².